The molecule has 0 saturated heterocycles. The normalized spacial score (nSPS) is 19.1. The smallest absolute Gasteiger partial charge is 0.305 e. The molecule has 6 heteroatoms. The zero-order chi connectivity index (χ0) is 23.1. The maximum Gasteiger partial charge on any atom is 0.305 e. The molecule has 2 aliphatic carbocycles. The molecular weight excluding hydrogens is 418 g/mol. The van der Waals surface area contributed by atoms with Crippen LogP contribution in [0, 0.1) is 0 Å². The van der Waals surface area contributed by atoms with E-state index in [9.17, 15) is 19.5 Å². The van der Waals surface area contributed by atoms with E-state index in [0.717, 1.165) is 40.6 Å². The van der Waals surface area contributed by atoms with Crippen molar-refractivity contribution in [3.63, 3.8) is 0 Å². The molecule has 33 heavy (non-hydrogen) atoms. The van der Waals surface area contributed by atoms with Crippen LogP contribution >= 0.6 is 0 Å². The lowest BCUT2D eigenvalue weighted by Gasteiger charge is -2.44. The summed E-state index contributed by atoms with van der Waals surface area (Å²) >= 11 is 0. The van der Waals surface area contributed by atoms with Gasteiger partial charge in [0.15, 0.2) is 11.6 Å². The Kier molecular flexibility index (Phi) is 5.52. The van der Waals surface area contributed by atoms with Crippen LogP contribution in [0.25, 0.3) is 10.8 Å². The van der Waals surface area contributed by atoms with Gasteiger partial charge in [-0.1, -0.05) is 30.3 Å². The number of hydrogen-bond acceptors (Lipinski definition) is 5. The summed E-state index contributed by atoms with van der Waals surface area (Å²) in [6.45, 7) is 0.271. The monoisotopic (exact) mass is 445 g/mol. The maximum atomic E-state index is 13.4. The van der Waals surface area contributed by atoms with Gasteiger partial charge < -0.3 is 14.7 Å². The lowest BCUT2D eigenvalue weighted by Crippen LogP contribution is -2.40. The van der Waals surface area contributed by atoms with Gasteiger partial charge >= 0.3 is 5.97 Å². The zero-order valence-electron chi connectivity index (χ0n) is 18.7. The Balaban J connectivity index is 1.81. The molecule has 0 radical (unpaired) electrons. The van der Waals surface area contributed by atoms with Crippen molar-refractivity contribution in [3.05, 3.63) is 64.5 Å². The topological polar surface area (TPSA) is 83.9 Å². The number of fused-ring (bicyclic) bond motifs is 1. The van der Waals surface area contributed by atoms with Crippen molar-refractivity contribution in [2.75, 3.05) is 13.7 Å². The second-order valence-corrected chi connectivity index (χ2v) is 8.91. The highest BCUT2D eigenvalue weighted by Gasteiger charge is 2.44. The van der Waals surface area contributed by atoms with Gasteiger partial charge in [-0.15, -0.1) is 0 Å². The van der Waals surface area contributed by atoms with Gasteiger partial charge in [0.1, 0.15) is 5.75 Å². The van der Waals surface area contributed by atoms with Crippen LogP contribution in [0.4, 0.5) is 0 Å². The Bertz CT molecular complexity index is 1190. The Morgan fingerprint density at radius 3 is 2.21 bits per heavy atom. The molecule has 6 nitrogen and oxygen atoms in total. The van der Waals surface area contributed by atoms with E-state index in [4.69, 9.17) is 4.74 Å². The molecule has 0 saturated carbocycles. The number of carbonyl (C=O) groups excluding carboxylic acids is 2. The molecule has 0 aromatic heterocycles. The van der Waals surface area contributed by atoms with Crippen LogP contribution in [0.15, 0.2) is 58.9 Å². The zero-order valence-corrected chi connectivity index (χ0v) is 18.7. The predicted octanol–water partition coefficient (Wildman–Crippen LogP) is 4.74. The first kappa shape index (κ1) is 21.4. The number of allylic oxidation sites excluding steroid dienone is 4. The van der Waals surface area contributed by atoms with Crippen molar-refractivity contribution in [2.24, 2.45) is 0 Å². The van der Waals surface area contributed by atoms with Crippen LogP contribution in [-0.4, -0.2) is 41.2 Å². The summed E-state index contributed by atoms with van der Waals surface area (Å²) in [6, 6.07) is 11.9. The number of Topliss-reactive ketones (excluding diaryl/α,β-unsaturated/α-hetero) is 2. The summed E-state index contributed by atoms with van der Waals surface area (Å²) in [5.74, 6) is -0.629. The Hall–Kier alpha value is -3.41. The number of methoxy groups -OCH3 is 1. The molecule has 0 unspecified atom stereocenters. The van der Waals surface area contributed by atoms with E-state index in [-0.39, 0.29) is 24.5 Å². The van der Waals surface area contributed by atoms with E-state index in [1.54, 1.807) is 7.11 Å². The summed E-state index contributed by atoms with van der Waals surface area (Å²) < 4.78 is 5.78. The summed E-state index contributed by atoms with van der Waals surface area (Å²) in [5.41, 5.74) is 3.94. The average Bonchev–Trinajstić information content (AvgIpc) is 2.81. The third kappa shape index (κ3) is 3.54. The molecule has 1 heterocycles. The third-order valence-corrected chi connectivity index (χ3v) is 7.07. The minimum Gasteiger partial charge on any atom is -0.496 e. The van der Waals surface area contributed by atoms with Crippen LogP contribution in [0.2, 0.25) is 0 Å². The van der Waals surface area contributed by atoms with Crippen molar-refractivity contribution in [3.8, 4) is 5.75 Å². The summed E-state index contributed by atoms with van der Waals surface area (Å²) in [4.78, 5) is 40.3. The van der Waals surface area contributed by atoms with E-state index in [2.05, 4.69) is 0 Å². The van der Waals surface area contributed by atoms with Crippen LogP contribution in [0.5, 0.6) is 5.75 Å². The Morgan fingerprint density at radius 1 is 0.970 bits per heavy atom. The third-order valence-electron chi connectivity index (χ3n) is 7.07. The lowest BCUT2D eigenvalue weighted by atomic mass is 9.70. The number of hydrogen-bond donors (Lipinski definition) is 1. The first-order valence-corrected chi connectivity index (χ1v) is 11.6. The number of carboxylic acids is 1. The minimum atomic E-state index is -0.888. The standard InChI is InChI=1S/C27H27NO5/c1-33-22-13-12-16-6-2-3-7-17(16)24(22)27-25-18(8-4-10-20(25)29)28(15-14-23(31)32)19-9-5-11-21(30)26(19)27/h2-3,6-7,12-13,27H,4-5,8-11,14-15H2,1H3,(H,31,32). The van der Waals surface area contributed by atoms with Crippen LogP contribution < -0.4 is 4.74 Å². The largest absolute Gasteiger partial charge is 0.496 e. The van der Waals surface area contributed by atoms with Crippen LogP contribution in [-0.2, 0) is 14.4 Å². The molecule has 2 aromatic carbocycles. The van der Waals surface area contributed by atoms with Crippen LogP contribution in [0.1, 0.15) is 56.4 Å². The number of carboxylic acid groups (broad SMARTS) is 1. The first-order chi connectivity index (χ1) is 16.0. The van der Waals surface area contributed by atoms with E-state index >= 15 is 0 Å². The number of aliphatic carboxylic acids is 1. The molecular formula is C27H27NO5. The molecule has 170 valence electrons. The molecule has 0 atom stereocenters. The van der Waals surface area contributed by atoms with Crippen molar-refractivity contribution < 1.29 is 24.2 Å². The van der Waals surface area contributed by atoms with E-state index in [0.29, 0.717) is 42.6 Å². The molecule has 5 rings (SSSR count). The fourth-order valence-electron chi connectivity index (χ4n) is 5.73. The second-order valence-electron chi connectivity index (χ2n) is 8.91. The van der Waals surface area contributed by atoms with Crippen molar-refractivity contribution in [1.82, 2.24) is 4.90 Å². The van der Waals surface area contributed by atoms with Gasteiger partial charge in [0.2, 0.25) is 0 Å². The second kappa shape index (κ2) is 8.50. The van der Waals surface area contributed by atoms with Crippen molar-refractivity contribution >= 4 is 28.3 Å². The number of ketones is 2. The van der Waals surface area contributed by atoms with Gasteiger partial charge in [-0.3, -0.25) is 14.4 Å². The minimum absolute atomic E-state index is 0.0430. The predicted molar refractivity (Wildman–Crippen MR) is 124 cm³/mol. The molecule has 2 aromatic rings. The van der Waals surface area contributed by atoms with E-state index in [1.165, 1.54) is 0 Å². The highest BCUT2D eigenvalue weighted by molar-refractivity contribution is 6.08. The van der Waals surface area contributed by atoms with E-state index in [1.807, 2.05) is 41.3 Å². The maximum absolute atomic E-state index is 13.4. The number of rotatable bonds is 5. The number of benzene rings is 2. The molecule has 0 bridgehead atoms. The van der Waals surface area contributed by atoms with Gasteiger partial charge in [0.25, 0.3) is 0 Å². The van der Waals surface area contributed by atoms with Gasteiger partial charge in [-0.05, 0) is 42.5 Å². The molecule has 0 spiro atoms. The quantitative estimate of drug-likeness (QED) is 0.716. The van der Waals surface area contributed by atoms with Crippen LogP contribution in [0.3, 0.4) is 0 Å². The highest BCUT2D eigenvalue weighted by Crippen LogP contribution is 2.52. The fraction of sp³-hybridized carbons (Fsp3) is 0.370. The summed E-state index contributed by atoms with van der Waals surface area (Å²) in [7, 11) is 1.62. The molecule has 0 amide bonds. The highest BCUT2D eigenvalue weighted by atomic mass is 16.5. The first-order valence-electron chi connectivity index (χ1n) is 11.6. The molecule has 1 aliphatic heterocycles. The van der Waals surface area contributed by atoms with Crippen molar-refractivity contribution in [2.45, 2.75) is 50.9 Å². The average molecular weight is 446 g/mol. The number of nitrogens with zero attached hydrogens (tertiary/aromatic N) is 1. The molecule has 3 aliphatic rings. The fourth-order valence-corrected chi connectivity index (χ4v) is 5.73. The lowest BCUT2D eigenvalue weighted by molar-refractivity contribution is -0.137. The SMILES string of the molecule is COc1ccc2ccccc2c1C1C2=C(CCCC2=O)N(CCC(=O)O)C2=C1C(=O)CCC2. The van der Waals surface area contributed by atoms with Crippen molar-refractivity contribution in [1.29, 1.82) is 0 Å². The Labute approximate surface area is 192 Å². The number of carbonyl (C=O) groups is 3. The van der Waals surface area contributed by atoms with Gasteiger partial charge in [-0.25, -0.2) is 0 Å². The number of ether oxygens (including phenoxy) is 1. The van der Waals surface area contributed by atoms with E-state index < -0.39 is 11.9 Å². The van der Waals surface area contributed by atoms with Gasteiger partial charge in [-0.2, -0.15) is 0 Å². The molecule has 0 fully saturated rings. The van der Waals surface area contributed by atoms with Gasteiger partial charge in [0.05, 0.1) is 13.5 Å². The van der Waals surface area contributed by atoms with Gasteiger partial charge in [0, 0.05) is 53.4 Å². The summed E-state index contributed by atoms with van der Waals surface area (Å²) in [5, 5.41) is 11.3. The Morgan fingerprint density at radius 2 is 1.61 bits per heavy atom. The summed E-state index contributed by atoms with van der Waals surface area (Å²) in [6.07, 6.45) is 3.70. The molecule has 1 N–H and O–H groups in total.